The molecule has 0 bridgehead atoms. The number of nitrogens with zero attached hydrogens (tertiary/aromatic N) is 4. The number of hydrogen-bond acceptors (Lipinski definition) is 10. The van der Waals surface area contributed by atoms with Gasteiger partial charge < -0.3 is 4.90 Å². The summed E-state index contributed by atoms with van der Waals surface area (Å²) in [6.45, 7) is 12.1. The average molecular weight is 725 g/mol. The lowest BCUT2D eigenvalue weighted by Gasteiger charge is -2.32. The molecule has 8 amide bonds. The first-order chi connectivity index (χ1) is 25.2. The van der Waals surface area contributed by atoms with Crippen LogP contribution in [0.1, 0.15) is 117 Å². The van der Waals surface area contributed by atoms with Crippen LogP contribution in [0.25, 0.3) is 0 Å². The summed E-state index contributed by atoms with van der Waals surface area (Å²) >= 11 is 0. The number of imide groups is 4. The SMILES string of the molecule is CC(C)N1CCc2cc3c(cc2C1)C(=O)N(C1CCC(=O)NC1=O)C3=O.CC(C)N1CCc2cc3c(cc2CC1)C(=O)N(C1CCC(=O)NC1=O)C3=O. The lowest BCUT2D eigenvalue weighted by Crippen LogP contribution is -2.54. The maximum absolute atomic E-state index is 12.9. The van der Waals surface area contributed by atoms with Gasteiger partial charge >= 0.3 is 0 Å². The molecule has 2 aromatic rings. The molecule has 8 rings (SSSR count). The normalized spacial score (nSPS) is 23.4. The van der Waals surface area contributed by atoms with E-state index in [1.54, 1.807) is 0 Å². The van der Waals surface area contributed by atoms with Crippen molar-refractivity contribution in [3.8, 4) is 0 Å². The van der Waals surface area contributed by atoms with Crippen LogP contribution >= 0.6 is 0 Å². The first kappa shape index (κ1) is 36.3. The Morgan fingerprint density at radius 2 is 0.830 bits per heavy atom. The molecule has 2 atom stereocenters. The molecule has 2 fully saturated rings. The zero-order chi connectivity index (χ0) is 37.9. The monoisotopic (exact) mass is 724 g/mol. The highest BCUT2D eigenvalue weighted by molar-refractivity contribution is 6.24. The van der Waals surface area contributed by atoms with Crippen LogP contribution in [0.2, 0.25) is 0 Å². The third-order valence-electron chi connectivity index (χ3n) is 11.4. The van der Waals surface area contributed by atoms with Gasteiger partial charge in [-0.2, -0.15) is 0 Å². The molecule has 0 spiro atoms. The van der Waals surface area contributed by atoms with Crippen molar-refractivity contribution in [2.75, 3.05) is 19.6 Å². The fourth-order valence-corrected chi connectivity index (χ4v) is 8.22. The van der Waals surface area contributed by atoms with Crippen molar-refractivity contribution in [3.63, 3.8) is 0 Å². The van der Waals surface area contributed by atoms with Crippen LogP contribution in [0.5, 0.6) is 0 Å². The molecular formula is C39H44N6O8. The van der Waals surface area contributed by atoms with Gasteiger partial charge in [0.2, 0.25) is 23.6 Å². The van der Waals surface area contributed by atoms with E-state index in [9.17, 15) is 38.4 Å². The molecule has 2 aromatic carbocycles. The van der Waals surface area contributed by atoms with Gasteiger partial charge in [0.1, 0.15) is 12.1 Å². The molecule has 0 radical (unpaired) electrons. The molecule has 0 saturated carbocycles. The van der Waals surface area contributed by atoms with Crippen molar-refractivity contribution in [2.45, 2.75) is 103 Å². The van der Waals surface area contributed by atoms with E-state index in [-0.39, 0.29) is 37.5 Å². The second-order valence-corrected chi connectivity index (χ2v) is 15.2. The van der Waals surface area contributed by atoms with Gasteiger partial charge in [-0.25, -0.2) is 0 Å². The van der Waals surface area contributed by atoms with Crippen molar-refractivity contribution < 1.29 is 38.4 Å². The summed E-state index contributed by atoms with van der Waals surface area (Å²) in [7, 11) is 0. The lowest BCUT2D eigenvalue weighted by atomic mass is 9.94. The van der Waals surface area contributed by atoms with Gasteiger partial charge in [-0.3, -0.25) is 63.7 Å². The molecule has 2 N–H and O–H groups in total. The topological polar surface area (TPSA) is 174 Å². The Hall–Kier alpha value is -5.08. The molecule has 6 aliphatic rings. The van der Waals surface area contributed by atoms with E-state index in [0.717, 1.165) is 77.5 Å². The summed E-state index contributed by atoms with van der Waals surface area (Å²) in [6, 6.07) is 6.34. The maximum Gasteiger partial charge on any atom is 0.262 e. The quantitative estimate of drug-likeness (QED) is 0.443. The van der Waals surface area contributed by atoms with Crippen molar-refractivity contribution in [1.82, 2.24) is 30.2 Å². The van der Waals surface area contributed by atoms with Crippen molar-refractivity contribution in [3.05, 3.63) is 68.8 Å². The minimum absolute atomic E-state index is 0.129. The minimum atomic E-state index is -0.913. The van der Waals surface area contributed by atoms with E-state index in [1.807, 2.05) is 24.3 Å². The molecule has 0 aliphatic carbocycles. The molecule has 14 nitrogen and oxygen atoms in total. The van der Waals surface area contributed by atoms with E-state index >= 15 is 0 Å². The Bertz CT molecular complexity index is 1940. The smallest absolute Gasteiger partial charge is 0.262 e. The number of rotatable bonds is 4. The van der Waals surface area contributed by atoms with Crippen LogP contribution in [-0.4, -0.2) is 111 Å². The summed E-state index contributed by atoms with van der Waals surface area (Å²) < 4.78 is 0. The number of hydrogen-bond donors (Lipinski definition) is 2. The molecule has 0 aromatic heterocycles. The number of piperidine rings is 2. The Kier molecular flexibility index (Phi) is 9.62. The van der Waals surface area contributed by atoms with Gasteiger partial charge in [0.15, 0.2) is 0 Å². The molecular weight excluding hydrogens is 680 g/mol. The summed E-state index contributed by atoms with van der Waals surface area (Å²) in [5.74, 6) is -3.63. The predicted molar refractivity (Wildman–Crippen MR) is 190 cm³/mol. The van der Waals surface area contributed by atoms with Gasteiger partial charge in [0, 0.05) is 51.1 Å². The highest BCUT2D eigenvalue weighted by Crippen LogP contribution is 2.33. The zero-order valence-corrected chi connectivity index (χ0v) is 30.5. The van der Waals surface area contributed by atoms with Crippen LogP contribution in [-0.2, 0) is 45.0 Å². The third-order valence-corrected chi connectivity index (χ3v) is 11.4. The number of nitrogens with one attached hydrogen (secondary N) is 2. The standard InChI is InChI=1S/C20H23N3O4.C19H21N3O4/c1-11(2)22-7-5-12-9-14-15(10-13(12)6-8-22)20(27)23(19(14)26)16-3-4-17(24)21-18(16)25;1-10(2)21-6-5-11-7-13-14(8-12(11)9-21)19(26)22(18(13)25)15-3-4-16(23)20-17(15)24/h9-11,16H,3-8H2,1-2H3,(H,21,24,25);7-8,10,15H,3-6,9H2,1-2H3,(H,20,23,24). The predicted octanol–water partition coefficient (Wildman–Crippen LogP) is 1.75. The van der Waals surface area contributed by atoms with E-state index in [2.05, 4.69) is 48.1 Å². The highest BCUT2D eigenvalue weighted by atomic mass is 16.2. The van der Waals surface area contributed by atoms with Crippen molar-refractivity contribution >= 4 is 47.3 Å². The number of fused-ring (bicyclic) bond motifs is 4. The molecule has 53 heavy (non-hydrogen) atoms. The largest absolute Gasteiger partial charge is 0.300 e. The van der Waals surface area contributed by atoms with Gasteiger partial charge in [-0.05, 0) is 106 Å². The fraction of sp³-hybridized carbons (Fsp3) is 0.487. The Labute approximate surface area is 307 Å². The number of carbonyl (C=O) groups is 8. The summed E-state index contributed by atoms with van der Waals surface area (Å²) in [4.78, 5) is 105. The van der Waals surface area contributed by atoms with Gasteiger partial charge in [0.05, 0.1) is 22.3 Å². The summed E-state index contributed by atoms with van der Waals surface area (Å²) in [5, 5.41) is 4.44. The van der Waals surface area contributed by atoms with Crippen LogP contribution < -0.4 is 10.6 Å². The van der Waals surface area contributed by atoms with Gasteiger partial charge in [-0.15, -0.1) is 0 Å². The average Bonchev–Trinajstić information content (AvgIpc) is 3.36. The molecule has 2 unspecified atom stereocenters. The van der Waals surface area contributed by atoms with Crippen molar-refractivity contribution in [2.24, 2.45) is 0 Å². The molecule has 278 valence electrons. The molecule has 2 saturated heterocycles. The zero-order valence-electron chi connectivity index (χ0n) is 30.5. The van der Waals surface area contributed by atoms with Gasteiger partial charge in [-0.1, -0.05) is 0 Å². The van der Waals surface area contributed by atoms with Crippen LogP contribution in [0, 0.1) is 0 Å². The van der Waals surface area contributed by atoms with Crippen molar-refractivity contribution in [1.29, 1.82) is 0 Å². The van der Waals surface area contributed by atoms with E-state index in [1.165, 1.54) is 0 Å². The molecule has 6 aliphatic heterocycles. The molecule has 14 heteroatoms. The van der Waals surface area contributed by atoms with Crippen LogP contribution in [0.15, 0.2) is 24.3 Å². The van der Waals surface area contributed by atoms with Gasteiger partial charge in [0.25, 0.3) is 23.6 Å². The third kappa shape index (κ3) is 6.58. The van der Waals surface area contributed by atoms with Crippen LogP contribution in [0.4, 0.5) is 0 Å². The van der Waals surface area contributed by atoms with E-state index in [4.69, 9.17) is 0 Å². The second kappa shape index (κ2) is 14.0. The minimum Gasteiger partial charge on any atom is -0.300 e. The van der Waals surface area contributed by atoms with E-state index in [0.29, 0.717) is 34.3 Å². The second-order valence-electron chi connectivity index (χ2n) is 15.2. The lowest BCUT2D eigenvalue weighted by molar-refractivity contribution is -0.137. The highest BCUT2D eigenvalue weighted by Gasteiger charge is 2.46. The fourth-order valence-electron chi connectivity index (χ4n) is 8.22. The summed E-state index contributed by atoms with van der Waals surface area (Å²) in [5.41, 5.74) is 5.84. The van der Waals surface area contributed by atoms with E-state index < -0.39 is 47.5 Å². The number of amides is 8. The first-order valence-electron chi connectivity index (χ1n) is 18.5. The maximum atomic E-state index is 12.9. The molecule has 6 heterocycles. The number of carbonyl (C=O) groups excluding carboxylic acids is 8. The Balaban J connectivity index is 0.000000164. The Morgan fingerprint density at radius 3 is 1.19 bits per heavy atom. The number of benzene rings is 2. The van der Waals surface area contributed by atoms with Crippen LogP contribution in [0.3, 0.4) is 0 Å². The summed E-state index contributed by atoms with van der Waals surface area (Å²) in [6.07, 6.45) is 3.12. The Morgan fingerprint density at radius 1 is 0.491 bits per heavy atom. The first-order valence-corrected chi connectivity index (χ1v) is 18.5.